The molecular formula is C23H33N3O2. The van der Waals surface area contributed by atoms with Gasteiger partial charge in [0.05, 0.1) is 0 Å². The zero-order valence-electron chi connectivity index (χ0n) is 17.1. The smallest absolute Gasteiger partial charge is 0.250 e. The van der Waals surface area contributed by atoms with Gasteiger partial charge in [-0.15, -0.1) is 0 Å². The fraction of sp³-hybridized carbons (Fsp3) is 0.652. The van der Waals surface area contributed by atoms with Crippen molar-refractivity contribution in [2.45, 2.75) is 64.0 Å². The van der Waals surface area contributed by atoms with Crippen LogP contribution in [-0.4, -0.2) is 65.3 Å². The summed E-state index contributed by atoms with van der Waals surface area (Å²) in [4.78, 5) is 32.5. The largest absolute Gasteiger partial charge is 0.338 e. The van der Waals surface area contributed by atoms with Gasteiger partial charge in [0.25, 0.3) is 0 Å². The second kappa shape index (κ2) is 8.64. The Morgan fingerprint density at radius 1 is 0.964 bits per heavy atom. The molecule has 2 aliphatic heterocycles. The lowest BCUT2D eigenvalue weighted by molar-refractivity contribution is -0.148. The standard InChI is InChI=1S/C23H33N3O2/c1-2-21(27)26-13-12-18-8-6-7-11-20(18)22(26)23(28)25-16-14-24(15-17-25)19-9-4-3-5-10-19/h6-8,11,19,22H,2-5,9-10,12-17H2,1H3/t22-/m0/s1. The predicted molar refractivity (Wildman–Crippen MR) is 110 cm³/mol. The maximum Gasteiger partial charge on any atom is 0.250 e. The topological polar surface area (TPSA) is 43.9 Å². The summed E-state index contributed by atoms with van der Waals surface area (Å²) in [6.07, 6.45) is 7.96. The van der Waals surface area contributed by atoms with Crippen molar-refractivity contribution in [2.75, 3.05) is 32.7 Å². The molecule has 2 heterocycles. The van der Waals surface area contributed by atoms with E-state index in [4.69, 9.17) is 0 Å². The van der Waals surface area contributed by atoms with Gasteiger partial charge >= 0.3 is 0 Å². The Labute approximate surface area is 168 Å². The first-order valence-corrected chi connectivity index (χ1v) is 11.1. The molecule has 1 aromatic carbocycles. The highest BCUT2D eigenvalue weighted by molar-refractivity contribution is 5.89. The molecule has 0 radical (unpaired) electrons. The summed E-state index contributed by atoms with van der Waals surface area (Å²) in [6, 6.07) is 8.41. The average molecular weight is 384 g/mol. The molecule has 3 aliphatic rings. The molecule has 1 atom stereocenters. The van der Waals surface area contributed by atoms with Gasteiger partial charge in [0.2, 0.25) is 11.8 Å². The van der Waals surface area contributed by atoms with E-state index in [2.05, 4.69) is 11.0 Å². The van der Waals surface area contributed by atoms with Crippen molar-refractivity contribution in [2.24, 2.45) is 0 Å². The number of fused-ring (bicyclic) bond motifs is 1. The van der Waals surface area contributed by atoms with E-state index in [1.54, 1.807) is 0 Å². The number of benzene rings is 1. The van der Waals surface area contributed by atoms with Crippen molar-refractivity contribution in [3.8, 4) is 0 Å². The zero-order chi connectivity index (χ0) is 19.5. The normalized spacial score (nSPS) is 24.1. The monoisotopic (exact) mass is 383 g/mol. The Morgan fingerprint density at radius 2 is 1.68 bits per heavy atom. The van der Waals surface area contributed by atoms with Crippen molar-refractivity contribution >= 4 is 11.8 Å². The summed E-state index contributed by atoms with van der Waals surface area (Å²) in [5, 5.41) is 0. The van der Waals surface area contributed by atoms with Gasteiger partial charge in [0, 0.05) is 45.2 Å². The minimum Gasteiger partial charge on any atom is -0.338 e. The molecule has 0 N–H and O–H groups in total. The lowest BCUT2D eigenvalue weighted by Crippen LogP contribution is -2.55. The van der Waals surface area contributed by atoms with E-state index in [0.717, 1.165) is 38.2 Å². The van der Waals surface area contributed by atoms with E-state index < -0.39 is 6.04 Å². The molecule has 0 unspecified atom stereocenters. The van der Waals surface area contributed by atoms with Crippen LogP contribution in [0.4, 0.5) is 0 Å². The second-order valence-electron chi connectivity index (χ2n) is 8.45. The zero-order valence-corrected chi connectivity index (χ0v) is 17.1. The van der Waals surface area contributed by atoms with Crippen LogP contribution in [0.1, 0.15) is 62.6 Å². The molecule has 1 aliphatic carbocycles. The Balaban J connectivity index is 1.48. The van der Waals surface area contributed by atoms with E-state index in [-0.39, 0.29) is 11.8 Å². The van der Waals surface area contributed by atoms with E-state index in [1.165, 1.54) is 37.7 Å². The molecule has 152 valence electrons. The van der Waals surface area contributed by atoms with Gasteiger partial charge in [0.1, 0.15) is 6.04 Å². The summed E-state index contributed by atoms with van der Waals surface area (Å²) in [7, 11) is 0. The lowest BCUT2D eigenvalue weighted by Gasteiger charge is -2.44. The van der Waals surface area contributed by atoms with Gasteiger partial charge in [-0.2, -0.15) is 0 Å². The molecule has 2 fully saturated rings. The number of nitrogens with zero attached hydrogens (tertiary/aromatic N) is 3. The lowest BCUT2D eigenvalue weighted by atomic mass is 9.91. The maximum atomic E-state index is 13.5. The molecule has 1 saturated heterocycles. The van der Waals surface area contributed by atoms with E-state index in [0.29, 0.717) is 19.0 Å². The summed E-state index contributed by atoms with van der Waals surface area (Å²) < 4.78 is 0. The third kappa shape index (κ3) is 3.82. The van der Waals surface area contributed by atoms with Gasteiger partial charge in [-0.1, -0.05) is 50.5 Å². The predicted octanol–water partition coefficient (Wildman–Crippen LogP) is 3.00. The number of carbonyl (C=O) groups is 2. The second-order valence-corrected chi connectivity index (χ2v) is 8.45. The van der Waals surface area contributed by atoms with Crippen LogP contribution in [0.15, 0.2) is 24.3 Å². The summed E-state index contributed by atoms with van der Waals surface area (Å²) in [6.45, 7) is 6.01. The molecule has 0 spiro atoms. The van der Waals surface area contributed by atoms with Crippen LogP contribution in [0.5, 0.6) is 0 Å². The minimum absolute atomic E-state index is 0.0775. The van der Waals surface area contributed by atoms with Crippen molar-refractivity contribution < 1.29 is 9.59 Å². The van der Waals surface area contributed by atoms with E-state index >= 15 is 0 Å². The summed E-state index contributed by atoms with van der Waals surface area (Å²) >= 11 is 0. The maximum absolute atomic E-state index is 13.5. The highest BCUT2D eigenvalue weighted by atomic mass is 16.2. The third-order valence-corrected chi connectivity index (χ3v) is 6.86. The van der Waals surface area contributed by atoms with Crippen LogP contribution < -0.4 is 0 Å². The Kier molecular flexibility index (Phi) is 6.00. The minimum atomic E-state index is -0.446. The van der Waals surface area contributed by atoms with Crippen molar-refractivity contribution in [3.05, 3.63) is 35.4 Å². The molecule has 2 amide bonds. The average Bonchev–Trinajstić information content (AvgIpc) is 2.78. The molecule has 0 bridgehead atoms. The number of carbonyl (C=O) groups excluding carboxylic acids is 2. The van der Waals surface area contributed by atoms with E-state index in [9.17, 15) is 9.59 Å². The van der Waals surface area contributed by atoms with Crippen LogP contribution in [0.25, 0.3) is 0 Å². The number of piperazine rings is 1. The molecule has 4 rings (SSSR count). The van der Waals surface area contributed by atoms with Gasteiger partial charge in [-0.25, -0.2) is 0 Å². The molecule has 5 nitrogen and oxygen atoms in total. The molecule has 1 saturated carbocycles. The fourth-order valence-corrected chi connectivity index (χ4v) is 5.23. The first-order valence-electron chi connectivity index (χ1n) is 11.1. The Hall–Kier alpha value is -1.88. The molecular weight excluding hydrogens is 350 g/mol. The third-order valence-electron chi connectivity index (χ3n) is 6.86. The van der Waals surface area contributed by atoms with Crippen molar-refractivity contribution in [1.82, 2.24) is 14.7 Å². The van der Waals surface area contributed by atoms with Crippen LogP contribution in [0, 0.1) is 0 Å². The van der Waals surface area contributed by atoms with Crippen LogP contribution in [-0.2, 0) is 16.0 Å². The van der Waals surface area contributed by atoms with Crippen LogP contribution in [0.2, 0.25) is 0 Å². The molecule has 1 aromatic rings. The first kappa shape index (κ1) is 19.4. The quantitative estimate of drug-likeness (QED) is 0.806. The summed E-state index contributed by atoms with van der Waals surface area (Å²) in [5.41, 5.74) is 2.23. The molecule has 0 aromatic heterocycles. The number of hydrogen-bond donors (Lipinski definition) is 0. The van der Waals surface area contributed by atoms with Crippen molar-refractivity contribution in [1.29, 1.82) is 0 Å². The van der Waals surface area contributed by atoms with Crippen LogP contribution in [0.3, 0.4) is 0 Å². The number of amides is 2. The number of hydrogen-bond acceptors (Lipinski definition) is 3. The van der Waals surface area contributed by atoms with Crippen molar-refractivity contribution in [3.63, 3.8) is 0 Å². The van der Waals surface area contributed by atoms with Crippen LogP contribution >= 0.6 is 0 Å². The molecule has 28 heavy (non-hydrogen) atoms. The van der Waals surface area contributed by atoms with Gasteiger partial charge in [-0.3, -0.25) is 14.5 Å². The Morgan fingerprint density at radius 3 is 2.39 bits per heavy atom. The number of rotatable bonds is 3. The van der Waals surface area contributed by atoms with Gasteiger partial charge < -0.3 is 9.80 Å². The summed E-state index contributed by atoms with van der Waals surface area (Å²) in [5.74, 6) is 0.186. The molecule has 5 heteroatoms. The van der Waals surface area contributed by atoms with Gasteiger partial charge in [-0.05, 0) is 30.4 Å². The SMILES string of the molecule is CCC(=O)N1CCc2ccccc2[C@H]1C(=O)N1CCN(C2CCCCC2)CC1. The van der Waals surface area contributed by atoms with Gasteiger partial charge in [0.15, 0.2) is 0 Å². The first-order chi connectivity index (χ1) is 13.7. The Bertz CT molecular complexity index is 706. The highest BCUT2D eigenvalue weighted by Crippen LogP contribution is 2.32. The fourth-order valence-electron chi connectivity index (χ4n) is 5.23. The highest BCUT2D eigenvalue weighted by Gasteiger charge is 2.38. The van der Waals surface area contributed by atoms with E-state index in [1.807, 2.05) is 34.9 Å².